The summed E-state index contributed by atoms with van der Waals surface area (Å²) in [5, 5.41) is 0. The largest absolute Gasteiger partial charge is 0.375 e. The van der Waals surface area contributed by atoms with Gasteiger partial charge in [-0.05, 0) is 18.9 Å². The van der Waals surface area contributed by atoms with Crippen LogP contribution >= 0.6 is 0 Å². The molecule has 0 aliphatic heterocycles. The average molecular weight is 149 g/mol. The van der Waals surface area contributed by atoms with Gasteiger partial charge in [-0.15, -0.1) is 0 Å². The second-order valence-corrected chi connectivity index (χ2v) is 1.73. The quantitative estimate of drug-likeness (QED) is 0.546. The molecule has 0 atom stereocenters. The molecule has 0 unspecified atom stereocenters. The van der Waals surface area contributed by atoms with E-state index in [0.29, 0.717) is 6.61 Å². The van der Waals surface area contributed by atoms with Crippen molar-refractivity contribution in [1.29, 1.82) is 0 Å². The molecule has 10 heavy (non-hydrogen) atoms. The molecule has 0 aromatic heterocycles. The fourth-order valence-corrected chi connectivity index (χ4v) is 0.437. The van der Waals surface area contributed by atoms with E-state index < -0.39 is 6.08 Å². The third kappa shape index (κ3) is 7.56. The molecule has 0 rings (SSSR count). The van der Waals surface area contributed by atoms with Crippen molar-refractivity contribution in [3.63, 3.8) is 0 Å². The second kappa shape index (κ2) is 6.68. The number of hydrogen-bond donors (Lipinski definition) is 0. The average Bonchev–Trinajstić information content (AvgIpc) is 1.87. The Morgan fingerprint density at radius 1 is 1.50 bits per heavy atom. The highest BCUT2D eigenvalue weighted by molar-refractivity contribution is 4.79. The highest BCUT2D eigenvalue weighted by Crippen LogP contribution is 1.99. The first-order valence-electron chi connectivity index (χ1n) is 3.21. The van der Waals surface area contributed by atoms with Crippen LogP contribution in [0.1, 0.15) is 19.8 Å². The first-order valence-corrected chi connectivity index (χ1v) is 3.21. The lowest BCUT2D eigenvalue weighted by Gasteiger charge is -1.95. The maximum absolute atomic E-state index is 11.3. The lowest BCUT2D eigenvalue weighted by Crippen LogP contribution is -1.88. The van der Waals surface area contributed by atoms with Crippen molar-refractivity contribution >= 4 is 0 Å². The zero-order chi connectivity index (χ0) is 7.82. The summed E-state index contributed by atoms with van der Waals surface area (Å²) in [4.78, 5) is 0. The van der Waals surface area contributed by atoms with E-state index in [-0.39, 0.29) is 6.42 Å². The van der Waals surface area contributed by atoms with E-state index >= 15 is 0 Å². The third-order valence-electron chi connectivity index (χ3n) is 0.819. The molecule has 1 nitrogen and oxygen atoms in total. The van der Waals surface area contributed by atoms with Gasteiger partial charge < -0.3 is 4.74 Å². The van der Waals surface area contributed by atoms with Gasteiger partial charge in [0.15, 0.2) is 0 Å². The third-order valence-corrected chi connectivity index (χ3v) is 0.819. The van der Waals surface area contributed by atoms with E-state index in [4.69, 9.17) is 4.74 Å². The lowest BCUT2D eigenvalue weighted by atomic mass is 10.4. The topological polar surface area (TPSA) is 9.23 Å². The molecule has 0 saturated heterocycles. The monoisotopic (exact) mass is 149 g/mol. The Labute approximate surface area is 59.7 Å². The highest BCUT2D eigenvalue weighted by atomic mass is 19.3. The van der Waals surface area contributed by atoms with Crippen LogP contribution in [0.3, 0.4) is 0 Å². The van der Waals surface area contributed by atoms with Gasteiger partial charge in [-0.2, -0.15) is 8.78 Å². The molecule has 0 amide bonds. The van der Waals surface area contributed by atoms with Crippen LogP contribution in [0.5, 0.6) is 0 Å². The number of hydrogen-bond acceptors (Lipinski definition) is 1. The fourth-order valence-electron chi connectivity index (χ4n) is 0.437. The summed E-state index contributed by atoms with van der Waals surface area (Å²) in [6, 6.07) is 0. The van der Waals surface area contributed by atoms with E-state index in [2.05, 4.69) is 0 Å². The molecular formula is C7H11F2O. The molecule has 0 aliphatic rings. The van der Waals surface area contributed by atoms with Crippen LogP contribution in [0.4, 0.5) is 8.78 Å². The molecule has 0 N–H and O–H groups in total. The van der Waals surface area contributed by atoms with Crippen molar-refractivity contribution in [3.05, 3.63) is 18.8 Å². The van der Waals surface area contributed by atoms with Crippen molar-refractivity contribution in [2.24, 2.45) is 0 Å². The van der Waals surface area contributed by atoms with Crippen LogP contribution in [0, 0.1) is 6.61 Å². The summed E-state index contributed by atoms with van der Waals surface area (Å²) < 4.78 is 27.5. The van der Waals surface area contributed by atoms with Gasteiger partial charge in [0, 0.05) is 0 Å². The summed E-state index contributed by atoms with van der Waals surface area (Å²) >= 11 is 0. The van der Waals surface area contributed by atoms with E-state index in [1.165, 1.54) is 0 Å². The second-order valence-electron chi connectivity index (χ2n) is 1.73. The lowest BCUT2D eigenvalue weighted by molar-refractivity contribution is 0.198. The molecule has 0 spiro atoms. The van der Waals surface area contributed by atoms with Gasteiger partial charge in [0.1, 0.15) is 0 Å². The van der Waals surface area contributed by atoms with Crippen molar-refractivity contribution in [3.8, 4) is 0 Å². The predicted octanol–water partition coefficient (Wildman–Crippen LogP) is 2.75. The van der Waals surface area contributed by atoms with E-state index in [1.54, 1.807) is 6.61 Å². The minimum Gasteiger partial charge on any atom is -0.375 e. The molecule has 0 saturated carbocycles. The van der Waals surface area contributed by atoms with Gasteiger partial charge >= 0.3 is 0 Å². The van der Waals surface area contributed by atoms with Crippen molar-refractivity contribution < 1.29 is 13.5 Å². The van der Waals surface area contributed by atoms with E-state index in [1.807, 2.05) is 6.92 Å². The Bertz CT molecular complexity index is 97.8. The maximum atomic E-state index is 11.3. The number of halogens is 2. The Kier molecular flexibility index (Phi) is 6.38. The first kappa shape index (κ1) is 9.56. The Morgan fingerprint density at radius 2 is 2.20 bits per heavy atom. The summed E-state index contributed by atoms with van der Waals surface area (Å²) in [6.45, 7) is 3.86. The van der Waals surface area contributed by atoms with E-state index in [0.717, 1.165) is 12.5 Å². The van der Waals surface area contributed by atoms with Crippen LogP contribution in [0.2, 0.25) is 0 Å². The van der Waals surface area contributed by atoms with Gasteiger partial charge in [0.2, 0.25) is 0 Å². The normalized spacial score (nSPS) is 9.50. The number of rotatable bonds is 5. The minimum atomic E-state index is -1.64. The van der Waals surface area contributed by atoms with Crippen molar-refractivity contribution in [2.75, 3.05) is 6.61 Å². The standard InChI is InChI=1S/C7H11F2O/c1-2-5-10-6-3-4-7(8)9/h4-5H,2-3,6H2,1H3. The van der Waals surface area contributed by atoms with Crippen molar-refractivity contribution in [1.82, 2.24) is 0 Å². The molecule has 0 aromatic carbocycles. The summed E-state index contributed by atoms with van der Waals surface area (Å²) in [6.07, 6.45) is 0.296. The van der Waals surface area contributed by atoms with Gasteiger partial charge in [-0.25, -0.2) is 0 Å². The minimum absolute atomic E-state index is 0.277. The predicted molar refractivity (Wildman–Crippen MR) is 35.5 cm³/mol. The summed E-state index contributed by atoms with van der Waals surface area (Å²) in [7, 11) is 0. The Balaban J connectivity index is 2.98. The van der Waals surface area contributed by atoms with Crippen LogP contribution in [0.25, 0.3) is 0 Å². The molecule has 0 aromatic rings. The maximum Gasteiger partial charge on any atom is 0.266 e. The van der Waals surface area contributed by atoms with E-state index in [9.17, 15) is 8.78 Å². The zero-order valence-electron chi connectivity index (χ0n) is 5.94. The van der Waals surface area contributed by atoms with Crippen LogP contribution < -0.4 is 0 Å². The van der Waals surface area contributed by atoms with Crippen molar-refractivity contribution in [2.45, 2.75) is 19.8 Å². The molecule has 59 valence electrons. The molecule has 0 bridgehead atoms. The fraction of sp³-hybridized carbons (Fsp3) is 0.571. The van der Waals surface area contributed by atoms with Crippen LogP contribution in [0.15, 0.2) is 12.2 Å². The Morgan fingerprint density at radius 3 is 2.70 bits per heavy atom. The molecule has 3 heteroatoms. The Hall–Kier alpha value is -0.440. The molecule has 0 aliphatic carbocycles. The molecule has 0 heterocycles. The van der Waals surface area contributed by atoms with Gasteiger partial charge in [0.25, 0.3) is 6.08 Å². The van der Waals surface area contributed by atoms with Gasteiger partial charge in [-0.1, -0.05) is 6.92 Å². The highest BCUT2D eigenvalue weighted by Gasteiger charge is 1.87. The smallest absolute Gasteiger partial charge is 0.266 e. The van der Waals surface area contributed by atoms with Gasteiger partial charge in [-0.3, -0.25) is 0 Å². The summed E-state index contributed by atoms with van der Waals surface area (Å²) in [5.41, 5.74) is 0. The van der Waals surface area contributed by atoms with Gasteiger partial charge in [0.05, 0.1) is 13.2 Å². The molecular weight excluding hydrogens is 138 g/mol. The van der Waals surface area contributed by atoms with Crippen LogP contribution in [-0.2, 0) is 4.74 Å². The molecule has 1 radical (unpaired) electrons. The number of ether oxygens (including phenoxy) is 1. The zero-order valence-corrected chi connectivity index (χ0v) is 5.94. The summed E-state index contributed by atoms with van der Waals surface area (Å²) in [5.74, 6) is 0. The first-order chi connectivity index (χ1) is 4.77. The SMILES string of the molecule is CC[CH]OCCC=C(F)F. The van der Waals surface area contributed by atoms with Crippen LogP contribution in [-0.4, -0.2) is 6.61 Å². The molecule has 0 fully saturated rings.